The number of aryl methyl sites for hydroxylation is 1. The smallest absolute Gasteiger partial charge is 0.238 e. The highest BCUT2D eigenvalue weighted by Gasteiger charge is 2.26. The number of nitriles is 2. The van der Waals surface area contributed by atoms with Gasteiger partial charge in [0.1, 0.15) is 34.3 Å². The molecule has 12 heteroatoms. The number of rotatable bonds is 8. The number of hydrogen-bond donors (Lipinski definition) is 2. The van der Waals surface area contributed by atoms with Gasteiger partial charge >= 0.3 is 0 Å². The number of anilines is 2. The van der Waals surface area contributed by atoms with E-state index in [-0.39, 0.29) is 39.3 Å². The molecule has 0 aliphatic rings. The van der Waals surface area contributed by atoms with Crippen molar-refractivity contribution in [2.75, 3.05) is 32.4 Å². The fourth-order valence-electron chi connectivity index (χ4n) is 3.27. The van der Waals surface area contributed by atoms with Crippen molar-refractivity contribution in [3.63, 3.8) is 0 Å². The van der Waals surface area contributed by atoms with Gasteiger partial charge in [-0.3, -0.25) is 4.79 Å². The van der Waals surface area contributed by atoms with Crippen LogP contribution in [-0.4, -0.2) is 42.6 Å². The molecule has 2 heterocycles. The van der Waals surface area contributed by atoms with Crippen LogP contribution in [0.1, 0.15) is 23.8 Å². The van der Waals surface area contributed by atoms with Crippen LogP contribution >= 0.6 is 11.8 Å². The summed E-state index contributed by atoms with van der Waals surface area (Å²) in [5.74, 6) is 1.35. The number of nitrogen functional groups attached to an aromatic ring is 1. The summed E-state index contributed by atoms with van der Waals surface area (Å²) in [5.41, 5.74) is 6.86. The van der Waals surface area contributed by atoms with Gasteiger partial charge in [-0.25, -0.2) is 4.98 Å². The molecular formula is C23H22N6O5S. The summed E-state index contributed by atoms with van der Waals surface area (Å²) in [5, 5.41) is 25.7. The van der Waals surface area contributed by atoms with Gasteiger partial charge < -0.3 is 29.8 Å². The zero-order chi connectivity index (χ0) is 25.7. The largest absolute Gasteiger partial charge is 0.493 e. The van der Waals surface area contributed by atoms with Gasteiger partial charge in [-0.05, 0) is 31.5 Å². The van der Waals surface area contributed by atoms with E-state index in [4.69, 9.17) is 24.5 Å². The SMILES string of the molecule is COc1cc(-c2c(C#N)c(N)nc(SC(C)C(=O)Nc3cc(C)on3)c2C#N)cc(OC)c1OC. The van der Waals surface area contributed by atoms with E-state index in [1.807, 2.05) is 6.07 Å². The number of nitrogens with one attached hydrogen (secondary N) is 1. The Labute approximate surface area is 205 Å². The molecule has 0 bridgehead atoms. The predicted octanol–water partition coefficient (Wildman–Crippen LogP) is 3.52. The molecular weight excluding hydrogens is 472 g/mol. The first kappa shape index (κ1) is 25.2. The number of thioether (sulfide) groups is 1. The van der Waals surface area contributed by atoms with Crippen molar-refractivity contribution in [1.29, 1.82) is 10.5 Å². The number of methoxy groups -OCH3 is 3. The molecule has 180 valence electrons. The third-order valence-corrected chi connectivity index (χ3v) is 5.99. The van der Waals surface area contributed by atoms with E-state index in [1.54, 1.807) is 32.0 Å². The molecule has 0 fully saturated rings. The van der Waals surface area contributed by atoms with Crippen LogP contribution in [0.15, 0.2) is 27.7 Å². The zero-order valence-electron chi connectivity index (χ0n) is 19.6. The van der Waals surface area contributed by atoms with Crippen molar-refractivity contribution >= 4 is 29.3 Å². The number of nitrogens with zero attached hydrogens (tertiary/aromatic N) is 4. The highest BCUT2D eigenvalue weighted by molar-refractivity contribution is 8.00. The molecule has 3 N–H and O–H groups in total. The average molecular weight is 495 g/mol. The molecule has 0 saturated carbocycles. The predicted molar refractivity (Wildman–Crippen MR) is 128 cm³/mol. The number of nitrogens with two attached hydrogens (primary N) is 1. The van der Waals surface area contributed by atoms with Gasteiger partial charge in [0.2, 0.25) is 11.7 Å². The fraction of sp³-hybridized carbons (Fsp3) is 0.261. The Morgan fingerprint density at radius 1 is 1.11 bits per heavy atom. The van der Waals surface area contributed by atoms with E-state index >= 15 is 0 Å². The number of pyridine rings is 1. The Kier molecular flexibility index (Phi) is 7.69. The maximum Gasteiger partial charge on any atom is 0.238 e. The van der Waals surface area contributed by atoms with Crippen LogP contribution in [0.2, 0.25) is 0 Å². The minimum atomic E-state index is -0.688. The van der Waals surface area contributed by atoms with Crippen LogP contribution in [0.5, 0.6) is 17.2 Å². The van der Waals surface area contributed by atoms with Crippen LogP contribution in [-0.2, 0) is 4.79 Å². The summed E-state index contributed by atoms with van der Waals surface area (Å²) in [6, 6.07) is 8.92. The number of carbonyl (C=O) groups excluding carboxylic acids is 1. The van der Waals surface area contributed by atoms with E-state index in [9.17, 15) is 15.3 Å². The molecule has 0 radical (unpaired) electrons. The molecule has 0 aliphatic heterocycles. The summed E-state index contributed by atoms with van der Waals surface area (Å²) in [4.78, 5) is 16.9. The summed E-state index contributed by atoms with van der Waals surface area (Å²) in [6.45, 7) is 3.34. The molecule has 1 amide bonds. The molecule has 3 rings (SSSR count). The minimum absolute atomic E-state index is 0.00958. The molecule has 0 spiro atoms. The number of amides is 1. The van der Waals surface area contributed by atoms with Crippen molar-refractivity contribution < 1.29 is 23.5 Å². The maximum absolute atomic E-state index is 12.7. The summed E-state index contributed by atoms with van der Waals surface area (Å²) in [7, 11) is 4.38. The van der Waals surface area contributed by atoms with Gasteiger partial charge in [0.15, 0.2) is 17.3 Å². The summed E-state index contributed by atoms with van der Waals surface area (Å²) in [6.07, 6.45) is 0. The molecule has 0 aliphatic carbocycles. The lowest BCUT2D eigenvalue weighted by Gasteiger charge is -2.18. The third-order valence-electron chi connectivity index (χ3n) is 4.91. The second kappa shape index (κ2) is 10.7. The number of aromatic nitrogens is 2. The minimum Gasteiger partial charge on any atom is -0.493 e. The highest BCUT2D eigenvalue weighted by atomic mass is 32.2. The second-order valence-electron chi connectivity index (χ2n) is 7.14. The molecule has 0 saturated heterocycles. The highest BCUT2D eigenvalue weighted by Crippen LogP contribution is 2.44. The normalized spacial score (nSPS) is 11.2. The molecule has 1 aromatic carbocycles. The fourth-order valence-corrected chi connectivity index (χ4v) is 4.19. The quantitative estimate of drug-likeness (QED) is 0.439. The Morgan fingerprint density at radius 3 is 2.23 bits per heavy atom. The van der Waals surface area contributed by atoms with Gasteiger partial charge in [0.05, 0.1) is 32.1 Å². The molecule has 35 heavy (non-hydrogen) atoms. The van der Waals surface area contributed by atoms with Gasteiger partial charge in [-0.15, -0.1) is 0 Å². The summed E-state index contributed by atoms with van der Waals surface area (Å²) < 4.78 is 21.1. The molecule has 1 unspecified atom stereocenters. The molecule has 11 nitrogen and oxygen atoms in total. The first-order valence-corrected chi connectivity index (χ1v) is 11.0. The Morgan fingerprint density at radius 2 is 1.74 bits per heavy atom. The van der Waals surface area contributed by atoms with Gasteiger partial charge in [0, 0.05) is 11.6 Å². The van der Waals surface area contributed by atoms with E-state index < -0.39 is 5.25 Å². The van der Waals surface area contributed by atoms with E-state index in [0.717, 1.165) is 11.8 Å². The maximum atomic E-state index is 12.7. The first-order chi connectivity index (χ1) is 16.8. The van der Waals surface area contributed by atoms with Crippen molar-refractivity contribution in [3.05, 3.63) is 35.1 Å². The van der Waals surface area contributed by atoms with Gasteiger partial charge in [-0.1, -0.05) is 16.9 Å². The number of benzene rings is 1. The van der Waals surface area contributed by atoms with E-state index in [2.05, 4.69) is 21.5 Å². The molecule has 3 aromatic rings. The first-order valence-electron chi connectivity index (χ1n) is 10.1. The van der Waals surface area contributed by atoms with Crippen molar-refractivity contribution in [2.45, 2.75) is 24.1 Å². The molecule has 1 atom stereocenters. The van der Waals surface area contributed by atoms with Crippen LogP contribution in [0.3, 0.4) is 0 Å². The topological polar surface area (TPSA) is 169 Å². The summed E-state index contributed by atoms with van der Waals surface area (Å²) >= 11 is 1.02. The third kappa shape index (κ3) is 5.08. The lowest BCUT2D eigenvalue weighted by Crippen LogP contribution is -2.23. The number of hydrogen-bond acceptors (Lipinski definition) is 11. The Balaban J connectivity index is 2.11. The van der Waals surface area contributed by atoms with Crippen molar-refractivity contribution in [1.82, 2.24) is 10.1 Å². The second-order valence-corrected chi connectivity index (χ2v) is 8.47. The van der Waals surface area contributed by atoms with E-state index in [1.165, 1.54) is 21.3 Å². The average Bonchev–Trinajstić information content (AvgIpc) is 3.26. The number of ether oxygens (including phenoxy) is 3. The Hall–Kier alpha value is -4.42. The van der Waals surface area contributed by atoms with E-state index in [0.29, 0.717) is 28.6 Å². The lowest BCUT2D eigenvalue weighted by atomic mass is 9.96. The zero-order valence-corrected chi connectivity index (χ0v) is 20.4. The van der Waals surface area contributed by atoms with Crippen LogP contribution < -0.4 is 25.3 Å². The Bertz CT molecular complexity index is 1330. The van der Waals surface area contributed by atoms with Crippen molar-refractivity contribution in [2.24, 2.45) is 0 Å². The van der Waals surface area contributed by atoms with Crippen LogP contribution in [0.4, 0.5) is 11.6 Å². The number of carbonyl (C=O) groups is 1. The van der Waals surface area contributed by atoms with Gasteiger partial charge in [-0.2, -0.15) is 10.5 Å². The van der Waals surface area contributed by atoms with Crippen LogP contribution in [0.25, 0.3) is 11.1 Å². The van der Waals surface area contributed by atoms with Crippen molar-refractivity contribution in [3.8, 4) is 40.5 Å². The molecule has 2 aromatic heterocycles. The standard InChI is InChI=1S/C23H22N6O5S/c1-11-6-18(29-34-11)27-22(30)12(2)35-23-15(10-25)19(14(9-24)21(26)28-23)13-7-16(31-3)20(33-5)17(8-13)32-4/h6-8,12H,1-5H3,(H2,26,28)(H,27,29,30). The monoisotopic (exact) mass is 494 g/mol. The van der Waals surface area contributed by atoms with Crippen LogP contribution in [0, 0.1) is 29.6 Å². The van der Waals surface area contributed by atoms with Gasteiger partial charge in [0.25, 0.3) is 0 Å². The lowest BCUT2D eigenvalue weighted by molar-refractivity contribution is -0.115.